The zero-order valence-electron chi connectivity index (χ0n) is 15.9. The van der Waals surface area contributed by atoms with Crippen molar-refractivity contribution in [2.24, 2.45) is 0 Å². The molecule has 146 valence electrons. The topological polar surface area (TPSA) is 75.7 Å². The molecule has 2 aromatic rings. The first-order valence-corrected chi connectivity index (χ1v) is 10.6. The Labute approximate surface area is 161 Å². The molecule has 0 bridgehead atoms. The number of nitrogens with zero attached hydrogens (tertiary/aromatic N) is 1. The normalized spacial score (nSPS) is 12.3. The number of rotatable bonds is 8. The first-order chi connectivity index (χ1) is 12.8. The molecule has 2 rings (SSSR count). The van der Waals surface area contributed by atoms with Crippen LogP contribution >= 0.6 is 0 Å². The largest absolute Gasteiger partial charge is 0.382 e. The monoisotopic (exact) mass is 390 g/mol. The molecule has 7 heteroatoms. The van der Waals surface area contributed by atoms with Crippen molar-refractivity contribution >= 4 is 21.8 Å². The maximum absolute atomic E-state index is 12.7. The maximum atomic E-state index is 12.7. The summed E-state index contributed by atoms with van der Waals surface area (Å²) in [5.41, 5.74) is 1.63. The lowest BCUT2D eigenvalue weighted by molar-refractivity contribution is 0.187. The number of nitrogens with one attached hydrogen (secondary N) is 1. The van der Waals surface area contributed by atoms with Crippen LogP contribution in [0.25, 0.3) is 0 Å². The van der Waals surface area contributed by atoms with E-state index in [0.717, 1.165) is 17.7 Å². The average Bonchev–Trinajstić information content (AvgIpc) is 2.67. The number of urea groups is 1. The van der Waals surface area contributed by atoms with Crippen LogP contribution in [0, 0.1) is 0 Å². The molecule has 0 heterocycles. The molecule has 2 amide bonds. The molecule has 1 N–H and O–H groups in total. The fourth-order valence-corrected chi connectivity index (χ4v) is 2.94. The van der Waals surface area contributed by atoms with E-state index in [1.807, 2.05) is 44.2 Å². The lowest BCUT2D eigenvalue weighted by atomic mass is 10.1. The summed E-state index contributed by atoms with van der Waals surface area (Å²) >= 11 is 0. The Morgan fingerprint density at radius 1 is 1.07 bits per heavy atom. The fourth-order valence-electron chi connectivity index (χ4n) is 2.42. The molecule has 0 aliphatic heterocycles. The quantitative estimate of drug-likeness (QED) is 0.684. The van der Waals surface area contributed by atoms with Crippen LogP contribution in [0.5, 0.6) is 5.75 Å². The summed E-state index contributed by atoms with van der Waals surface area (Å²) in [6.07, 6.45) is 0.818. The molecule has 0 fully saturated rings. The standard InChI is InChI=1S/C20H26N2O4S/c1-4-16(3)22(20(23)21-18-9-7-6-8-10-18)15-17-11-13-19(14-12-17)26-27(24,25)5-2/h6-14,16H,4-5,15H2,1-3H3,(H,21,23)/t16-/m0/s1. The van der Waals surface area contributed by atoms with Gasteiger partial charge in [-0.3, -0.25) is 0 Å². The second kappa shape index (κ2) is 9.41. The highest BCUT2D eigenvalue weighted by Gasteiger charge is 2.19. The Balaban J connectivity index is 2.10. The van der Waals surface area contributed by atoms with Gasteiger partial charge in [0.2, 0.25) is 0 Å². The first kappa shape index (κ1) is 20.8. The number of hydrogen-bond acceptors (Lipinski definition) is 4. The fraction of sp³-hybridized carbons (Fsp3) is 0.350. The van der Waals surface area contributed by atoms with Gasteiger partial charge in [0.1, 0.15) is 5.75 Å². The van der Waals surface area contributed by atoms with Gasteiger partial charge in [-0.1, -0.05) is 37.3 Å². The summed E-state index contributed by atoms with van der Waals surface area (Å²) in [5, 5.41) is 2.91. The third-order valence-electron chi connectivity index (χ3n) is 4.26. The van der Waals surface area contributed by atoms with Crippen LogP contribution in [0.1, 0.15) is 32.8 Å². The van der Waals surface area contributed by atoms with Crippen LogP contribution in [-0.4, -0.2) is 31.1 Å². The molecule has 0 radical (unpaired) electrons. The molecule has 0 saturated heterocycles. The molecule has 0 unspecified atom stereocenters. The van der Waals surface area contributed by atoms with E-state index in [-0.39, 0.29) is 23.6 Å². The highest BCUT2D eigenvalue weighted by Crippen LogP contribution is 2.18. The van der Waals surface area contributed by atoms with E-state index in [2.05, 4.69) is 5.32 Å². The number of hydrogen-bond donors (Lipinski definition) is 1. The molecular weight excluding hydrogens is 364 g/mol. The maximum Gasteiger partial charge on any atom is 0.322 e. The molecule has 6 nitrogen and oxygen atoms in total. The number of anilines is 1. The smallest absolute Gasteiger partial charge is 0.322 e. The van der Waals surface area contributed by atoms with Crippen LogP contribution < -0.4 is 9.50 Å². The Morgan fingerprint density at radius 3 is 2.26 bits per heavy atom. The van der Waals surface area contributed by atoms with E-state index < -0.39 is 10.1 Å². The minimum absolute atomic E-state index is 0.0464. The van der Waals surface area contributed by atoms with Gasteiger partial charge in [-0.2, -0.15) is 8.42 Å². The molecule has 2 aromatic carbocycles. The van der Waals surface area contributed by atoms with Crippen molar-refractivity contribution in [2.45, 2.75) is 39.8 Å². The van der Waals surface area contributed by atoms with E-state index in [1.165, 1.54) is 6.92 Å². The van der Waals surface area contributed by atoms with Gasteiger partial charge >= 0.3 is 16.1 Å². The Kier molecular flexibility index (Phi) is 7.24. The van der Waals surface area contributed by atoms with Crippen molar-refractivity contribution in [3.8, 4) is 5.75 Å². The summed E-state index contributed by atoms with van der Waals surface area (Å²) < 4.78 is 28.1. The van der Waals surface area contributed by atoms with Crippen LogP contribution in [0.4, 0.5) is 10.5 Å². The van der Waals surface area contributed by atoms with E-state index in [4.69, 9.17) is 4.18 Å². The summed E-state index contributed by atoms with van der Waals surface area (Å²) in [7, 11) is -3.55. The second-order valence-corrected chi connectivity index (χ2v) is 8.11. The SMILES string of the molecule is CC[C@H](C)N(Cc1ccc(OS(=O)(=O)CC)cc1)C(=O)Nc1ccccc1. The molecule has 0 spiro atoms. The van der Waals surface area contributed by atoms with Crippen molar-refractivity contribution in [1.29, 1.82) is 0 Å². The Bertz CT molecular complexity index is 836. The highest BCUT2D eigenvalue weighted by molar-refractivity contribution is 7.87. The zero-order chi connectivity index (χ0) is 19.9. The van der Waals surface area contributed by atoms with Gasteiger partial charge in [-0.15, -0.1) is 0 Å². The van der Waals surface area contributed by atoms with Crippen molar-refractivity contribution in [3.05, 3.63) is 60.2 Å². The van der Waals surface area contributed by atoms with Crippen molar-refractivity contribution in [1.82, 2.24) is 4.90 Å². The van der Waals surface area contributed by atoms with Gasteiger partial charge in [0.25, 0.3) is 0 Å². The van der Waals surface area contributed by atoms with Crippen LogP contribution in [0.3, 0.4) is 0 Å². The van der Waals surface area contributed by atoms with E-state index >= 15 is 0 Å². The molecule has 0 aliphatic rings. The zero-order valence-corrected chi connectivity index (χ0v) is 16.7. The number of amides is 2. The van der Waals surface area contributed by atoms with Gasteiger partial charge < -0.3 is 14.4 Å². The predicted molar refractivity (Wildman–Crippen MR) is 107 cm³/mol. The van der Waals surface area contributed by atoms with Crippen molar-refractivity contribution < 1.29 is 17.4 Å². The molecular formula is C20H26N2O4S. The molecule has 0 aliphatic carbocycles. The van der Waals surface area contributed by atoms with Gasteiger partial charge in [0.15, 0.2) is 0 Å². The molecule has 27 heavy (non-hydrogen) atoms. The third-order valence-corrected chi connectivity index (χ3v) is 5.42. The lowest BCUT2D eigenvalue weighted by Crippen LogP contribution is -2.40. The summed E-state index contributed by atoms with van der Waals surface area (Å²) in [6, 6.07) is 15.9. The van der Waals surface area contributed by atoms with Crippen LogP contribution in [0.15, 0.2) is 54.6 Å². The lowest BCUT2D eigenvalue weighted by Gasteiger charge is -2.29. The van der Waals surface area contributed by atoms with Gasteiger partial charge in [0, 0.05) is 18.3 Å². The molecule has 0 saturated carbocycles. The number of carbonyl (C=O) groups is 1. The number of benzene rings is 2. The summed E-state index contributed by atoms with van der Waals surface area (Å²) in [6.45, 7) is 5.96. The molecule has 0 aromatic heterocycles. The Morgan fingerprint density at radius 2 is 1.70 bits per heavy atom. The third kappa shape index (κ3) is 6.29. The van der Waals surface area contributed by atoms with Gasteiger partial charge in [-0.05, 0) is 50.1 Å². The average molecular weight is 391 g/mol. The first-order valence-electron chi connectivity index (χ1n) is 8.98. The van der Waals surface area contributed by atoms with Gasteiger partial charge in [-0.25, -0.2) is 4.79 Å². The Hall–Kier alpha value is -2.54. The minimum atomic E-state index is -3.55. The van der Waals surface area contributed by atoms with Crippen LogP contribution in [0.2, 0.25) is 0 Å². The summed E-state index contributed by atoms with van der Waals surface area (Å²) in [4.78, 5) is 14.5. The molecule has 1 atom stereocenters. The van der Waals surface area contributed by atoms with Crippen molar-refractivity contribution in [2.75, 3.05) is 11.1 Å². The van der Waals surface area contributed by atoms with Gasteiger partial charge in [0.05, 0.1) is 5.75 Å². The second-order valence-electron chi connectivity index (χ2n) is 6.25. The van der Waals surface area contributed by atoms with E-state index in [0.29, 0.717) is 6.54 Å². The highest BCUT2D eigenvalue weighted by atomic mass is 32.2. The summed E-state index contributed by atoms with van der Waals surface area (Å²) in [5.74, 6) is 0.181. The number of para-hydroxylation sites is 1. The number of carbonyl (C=O) groups excluding carboxylic acids is 1. The minimum Gasteiger partial charge on any atom is -0.382 e. The van der Waals surface area contributed by atoms with Crippen LogP contribution in [-0.2, 0) is 16.7 Å². The van der Waals surface area contributed by atoms with E-state index in [1.54, 1.807) is 29.2 Å². The van der Waals surface area contributed by atoms with E-state index in [9.17, 15) is 13.2 Å². The predicted octanol–water partition coefficient (Wildman–Crippen LogP) is 4.25. The van der Waals surface area contributed by atoms with Crippen molar-refractivity contribution in [3.63, 3.8) is 0 Å².